The normalized spacial score (nSPS) is 16.1. The minimum Gasteiger partial charge on any atom is -0.465 e. The largest absolute Gasteiger partial charge is 0.465 e. The van der Waals surface area contributed by atoms with Gasteiger partial charge in [0, 0.05) is 23.2 Å². The zero-order chi connectivity index (χ0) is 31.2. The third-order valence-corrected chi connectivity index (χ3v) is 8.31. The molecular formula is C33H40N6O5. The van der Waals surface area contributed by atoms with Crippen molar-refractivity contribution in [2.24, 2.45) is 5.92 Å². The molecule has 11 heteroatoms. The summed E-state index contributed by atoms with van der Waals surface area (Å²) in [5.74, 6) is -1.60. The SMILES string of the molecule is CCCc1c(Cc2ccc(-c3ccccc3-c3nnn[nH]3)cc2)c(=O)n2n1C(CC(C(=O)OCC)C(=O)OCC)CCC2C. The van der Waals surface area contributed by atoms with Crippen molar-refractivity contribution >= 4 is 11.9 Å². The highest BCUT2D eigenvalue weighted by Crippen LogP contribution is 2.36. The minimum absolute atomic E-state index is 0.00352. The van der Waals surface area contributed by atoms with Gasteiger partial charge in [0.1, 0.15) is 0 Å². The van der Waals surface area contributed by atoms with Crippen molar-refractivity contribution in [3.8, 4) is 22.5 Å². The van der Waals surface area contributed by atoms with Crippen LogP contribution < -0.4 is 5.56 Å². The minimum atomic E-state index is -1.04. The van der Waals surface area contributed by atoms with E-state index in [0.29, 0.717) is 18.7 Å². The molecule has 3 heterocycles. The first-order valence-corrected chi connectivity index (χ1v) is 15.5. The van der Waals surface area contributed by atoms with Gasteiger partial charge in [-0.15, -0.1) is 5.10 Å². The van der Waals surface area contributed by atoms with Crippen LogP contribution in [0.3, 0.4) is 0 Å². The van der Waals surface area contributed by atoms with Crippen molar-refractivity contribution in [2.75, 3.05) is 13.2 Å². The number of esters is 2. The van der Waals surface area contributed by atoms with E-state index in [2.05, 4.69) is 63.4 Å². The van der Waals surface area contributed by atoms with Crippen molar-refractivity contribution in [1.29, 1.82) is 0 Å². The summed E-state index contributed by atoms with van der Waals surface area (Å²) >= 11 is 0. The number of nitrogens with zero attached hydrogens (tertiary/aromatic N) is 5. The third kappa shape index (κ3) is 6.22. The summed E-state index contributed by atoms with van der Waals surface area (Å²) in [7, 11) is 0. The third-order valence-electron chi connectivity index (χ3n) is 8.31. The number of aromatic amines is 1. The smallest absolute Gasteiger partial charge is 0.320 e. The number of aromatic nitrogens is 6. The van der Waals surface area contributed by atoms with Crippen LogP contribution in [-0.4, -0.2) is 55.1 Å². The topological polar surface area (TPSA) is 134 Å². The van der Waals surface area contributed by atoms with Crippen LogP contribution in [0.15, 0.2) is 53.3 Å². The molecule has 1 N–H and O–H groups in total. The first-order chi connectivity index (χ1) is 21.4. The molecule has 2 atom stereocenters. The monoisotopic (exact) mass is 600 g/mol. The molecule has 232 valence electrons. The highest BCUT2D eigenvalue weighted by molar-refractivity contribution is 5.95. The van der Waals surface area contributed by atoms with E-state index in [1.54, 1.807) is 13.8 Å². The Morgan fingerprint density at radius 2 is 1.64 bits per heavy atom. The van der Waals surface area contributed by atoms with Crippen LogP contribution in [-0.2, 0) is 31.9 Å². The Bertz CT molecular complexity index is 1620. The van der Waals surface area contributed by atoms with Crippen molar-refractivity contribution < 1.29 is 19.1 Å². The van der Waals surface area contributed by atoms with Gasteiger partial charge in [0.2, 0.25) is 0 Å². The van der Waals surface area contributed by atoms with Crippen LogP contribution >= 0.6 is 0 Å². The lowest BCUT2D eigenvalue weighted by Crippen LogP contribution is -2.37. The second kappa shape index (κ2) is 13.8. The summed E-state index contributed by atoms with van der Waals surface area (Å²) in [6.07, 6.45) is 3.78. The summed E-state index contributed by atoms with van der Waals surface area (Å²) < 4.78 is 14.4. The number of tetrazole rings is 1. The molecule has 2 aromatic heterocycles. The Kier molecular flexibility index (Phi) is 9.72. The lowest BCUT2D eigenvalue weighted by Gasteiger charge is -2.34. The van der Waals surface area contributed by atoms with Gasteiger partial charge >= 0.3 is 11.9 Å². The van der Waals surface area contributed by atoms with Crippen LogP contribution in [0.5, 0.6) is 0 Å². The van der Waals surface area contributed by atoms with Gasteiger partial charge < -0.3 is 9.47 Å². The number of carbonyl (C=O) groups is 2. The van der Waals surface area contributed by atoms with Crippen LogP contribution in [0, 0.1) is 5.92 Å². The quantitative estimate of drug-likeness (QED) is 0.176. The Morgan fingerprint density at radius 1 is 0.955 bits per heavy atom. The highest BCUT2D eigenvalue weighted by Gasteiger charge is 2.37. The van der Waals surface area contributed by atoms with Gasteiger partial charge in [-0.1, -0.05) is 61.9 Å². The van der Waals surface area contributed by atoms with E-state index in [9.17, 15) is 14.4 Å². The molecular weight excluding hydrogens is 560 g/mol. The van der Waals surface area contributed by atoms with E-state index in [1.807, 2.05) is 28.9 Å². The van der Waals surface area contributed by atoms with Gasteiger partial charge in [0.15, 0.2) is 11.7 Å². The van der Waals surface area contributed by atoms with Crippen LogP contribution in [0.25, 0.3) is 22.5 Å². The second-order valence-electron chi connectivity index (χ2n) is 11.2. The predicted octanol–water partition coefficient (Wildman–Crippen LogP) is 5.07. The van der Waals surface area contributed by atoms with E-state index in [0.717, 1.165) is 52.8 Å². The molecule has 2 aromatic carbocycles. The van der Waals surface area contributed by atoms with Gasteiger partial charge in [-0.2, -0.15) is 0 Å². The molecule has 5 rings (SSSR count). The molecule has 2 unspecified atom stereocenters. The van der Waals surface area contributed by atoms with Crippen molar-refractivity contribution in [3.05, 3.63) is 75.7 Å². The summed E-state index contributed by atoms with van der Waals surface area (Å²) in [5.41, 5.74) is 5.64. The number of benzene rings is 2. The molecule has 1 aliphatic heterocycles. The van der Waals surface area contributed by atoms with E-state index < -0.39 is 17.9 Å². The fourth-order valence-corrected chi connectivity index (χ4v) is 6.28. The molecule has 0 radical (unpaired) electrons. The molecule has 0 aliphatic carbocycles. The van der Waals surface area contributed by atoms with Crippen molar-refractivity contribution in [2.45, 2.75) is 78.3 Å². The molecule has 0 amide bonds. The maximum absolute atomic E-state index is 14.0. The molecule has 0 spiro atoms. The molecule has 0 bridgehead atoms. The molecule has 1 aliphatic rings. The maximum Gasteiger partial charge on any atom is 0.320 e. The zero-order valence-electron chi connectivity index (χ0n) is 25.8. The van der Waals surface area contributed by atoms with Gasteiger partial charge in [-0.25, -0.2) is 9.78 Å². The lowest BCUT2D eigenvalue weighted by molar-refractivity contribution is -0.162. The Hall–Kier alpha value is -4.54. The lowest BCUT2D eigenvalue weighted by atomic mass is 9.93. The second-order valence-corrected chi connectivity index (χ2v) is 11.2. The van der Waals surface area contributed by atoms with Crippen LogP contribution in [0.1, 0.15) is 82.3 Å². The average molecular weight is 601 g/mol. The number of H-pyrrole nitrogens is 1. The maximum atomic E-state index is 14.0. The number of ether oxygens (including phenoxy) is 2. The van der Waals surface area contributed by atoms with Crippen molar-refractivity contribution in [1.82, 2.24) is 30.0 Å². The zero-order valence-corrected chi connectivity index (χ0v) is 25.8. The first kappa shape index (κ1) is 30.9. The number of hydrogen-bond donors (Lipinski definition) is 1. The van der Waals surface area contributed by atoms with Gasteiger partial charge in [-0.05, 0) is 73.6 Å². The summed E-state index contributed by atoms with van der Waals surface area (Å²) in [6, 6.07) is 15.9. The molecule has 0 saturated carbocycles. The highest BCUT2D eigenvalue weighted by atomic mass is 16.6. The van der Waals surface area contributed by atoms with Gasteiger partial charge in [0.05, 0.1) is 25.3 Å². The van der Waals surface area contributed by atoms with E-state index in [1.165, 1.54) is 0 Å². The number of rotatable bonds is 12. The van der Waals surface area contributed by atoms with E-state index in [4.69, 9.17) is 9.47 Å². The first-order valence-electron chi connectivity index (χ1n) is 15.5. The summed E-state index contributed by atoms with van der Waals surface area (Å²) in [4.78, 5) is 39.7. The van der Waals surface area contributed by atoms with Crippen LogP contribution in [0.2, 0.25) is 0 Å². The van der Waals surface area contributed by atoms with Crippen LogP contribution in [0.4, 0.5) is 0 Å². The number of nitrogens with one attached hydrogen (secondary N) is 1. The van der Waals surface area contributed by atoms with Gasteiger partial charge in [0.25, 0.3) is 5.56 Å². The average Bonchev–Trinajstić information content (AvgIpc) is 3.66. The predicted molar refractivity (Wildman–Crippen MR) is 165 cm³/mol. The Morgan fingerprint density at radius 3 is 2.25 bits per heavy atom. The number of fused-ring (bicyclic) bond motifs is 1. The van der Waals surface area contributed by atoms with E-state index in [-0.39, 0.29) is 37.3 Å². The standard InChI is InChI=1S/C33H40N6O5/c1-5-10-29-27(19-22-14-16-23(17-15-22)25-11-8-9-12-26(25)30-34-36-37-35-30)31(40)38-21(4)13-18-24(39(29)38)20-28(32(41)43-6-2)33(42)44-7-3/h8-9,11-12,14-17,21,24,28H,5-7,10,13,18-20H2,1-4H3,(H,34,35,36,37). The molecule has 4 aromatic rings. The fraction of sp³-hybridized carbons (Fsp3) is 0.455. The molecule has 11 nitrogen and oxygen atoms in total. The molecule has 44 heavy (non-hydrogen) atoms. The number of carbonyl (C=O) groups excluding carboxylic acids is 2. The number of hydrogen-bond acceptors (Lipinski definition) is 8. The summed E-state index contributed by atoms with van der Waals surface area (Å²) in [6.45, 7) is 7.94. The molecule has 0 saturated heterocycles. The van der Waals surface area contributed by atoms with E-state index >= 15 is 0 Å². The Labute approximate surface area is 256 Å². The summed E-state index contributed by atoms with van der Waals surface area (Å²) in [5, 5.41) is 14.3. The van der Waals surface area contributed by atoms with Gasteiger partial charge in [-0.3, -0.25) is 19.1 Å². The Balaban J connectivity index is 1.48. The molecule has 0 fully saturated rings. The fourth-order valence-electron chi connectivity index (χ4n) is 6.28. The van der Waals surface area contributed by atoms with Crippen molar-refractivity contribution in [3.63, 3.8) is 0 Å².